The highest BCUT2D eigenvalue weighted by Crippen LogP contribution is 2.24. The van der Waals surface area contributed by atoms with Crippen LogP contribution in [0.4, 0.5) is 21.5 Å². The Balaban J connectivity index is 1.70. The third-order valence-corrected chi connectivity index (χ3v) is 3.86. The average molecular weight is 403 g/mol. The lowest BCUT2D eigenvalue weighted by Gasteiger charge is -2.13. The van der Waals surface area contributed by atoms with E-state index in [1.807, 2.05) is 0 Å². The monoisotopic (exact) mass is 402 g/mol. The Hall–Kier alpha value is -3.46. The molecule has 0 aliphatic carbocycles. The van der Waals surface area contributed by atoms with Gasteiger partial charge in [-0.2, -0.15) is 5.10 Å². The summed E-state index contributed by atoms with van der Waals surface area (Å²) in [6.45, 7) is 1.14. The van der Waals surface area contributed by atoms with Gasteiger partial charge in [0.2, 0.25) is 11.8 Å². The highest BCUT2D eigenvalue weighted by molar-refractivity contribution is 6.31. The van der Waals surface area contributed by atoms with Crippen LogP contribution in [0.2, 0.25) is 5.02 Å². The first kappa shape index (κ1) is 19.3. The van der Waals surface area contributed by atoms with E-state index in [0.717, 1.165) is 0 Å². The van der Waals surface area contributed by atoms with Crippen molar-refractivity contribution in [1.29, 1.82) is 0 Å². The molecule has 0 bridgehead atoms. The fourth-order valence-electron chi connectivity index (χ4n) is 2.45. The van der Waals surface area contributed by atoms with Gasteiger partial charge in [-0.05, 0) is 36.4 Å². The molecule has 0 fully saturated rings. The SMILES string of the molecule is CC(=O)Nc1ccc(F)c(NCC(=O)Nc2cc(Cl)ccc2-n2cncn2)c1. The highest BCUT2D eigenvalue weighted by atomic mass is 35.5. The zero-order chi connectivity index (χ0) is 20.1. The van der Waals surface area contributed by atoms with Crippen molar-refractivity contribution in [3.8, 4) is 5.69 Å². The van der Waals surface area contributed by atoms with Crippen LogP contribution in [-0.4, -0.2) is 33.1 Å². The van der Waals surface area contributed by atoms with E-state index in [9.17, 15) is 14.0 Å². The molecule has 0 aliphatic heterocycles. The van der Waals surface area contributed by atoms with Crippen LogP contribution in [0.25, 0.3) is 5.69 Å². The maximum atomic E-state index is 13.9. The van der Waals surface area contributed by atoms with Crippen molar-refractivity contribution >= 4 is 40.5 Å². The van der Waals surface area contributed by atoms with Gasteiger partial charge in [0.1, 0.15) is 18.5 Å². The second-order valence-electron chi connectivity index (χ2n) is 5.78. The normalized spacial score (nSPS) is 10.4. The Morgan fingerprint density at radius 3 is 2.68 bits per heavy atom. The Labute approximate surface area is 164 Å². The van der Waals surface area contributed by atoms with Crippen molar-refractivity contribution in [2.75, 3.05) is 22.5 Å². The van der Waals surface area contributed by atoms with E-state index >= 15 is 0 Å². The minimum atomic E-state index is -0.548. The van der Waals surface area contributed by atoms with Crippen molar-refractivity contribution in [3.05, 3.63) is 59.9 Å². The summed E-state index contributed by atoms with van der Waals surface area (Å²) < 4.78 is 15.4. The van der Waals surface area contributed by atoms with Crippen LogP contribution in [0.3, 0.4) is 0 Å². The van der Waals surface area contributed by atoms with Crippen molar-refractivity contribution < 1.29 is 14.0 Å². The lowest BCUT2D eigenvalue weighted by atomic mass is 10.2. The van der Waals surface area contributed by atoms with Gasteiger partial charge in [-0.3, -0.25) is 9.59 Å². The van der Waals surface area contributed by atoms with Gasteiger partial charge in [-0.1, -0.05) is 11.6 Å². The quantitative estimate of drug-likeness (QED) is 0.588. The number of halogens is 2. The molecule has 0 aliphatic rings. The summed E-state index contributed by atoms with van der Waals surface area (Å²) in [5.41, 5.74) is 1.51. The Morgan fingerprint density at radius 2 is 1.96 bits per heavy atom. The number of nitrogens with zero attached hydrogens (tertiary/aromatic N) is 3. The van der Waals surface area contributed by atoms with Crippen molar-refractivity contribution in [2.45, 2.75) is 6.92 Å². The number of carbonyl (C=O) groups excluding carboxylic acids is 2. The first-order valence-electron chi connectivity index (χ1n) is 8.18. The van der Waals surface area contributed by atoms with E-state index < -0.39 is 11.7 Å². The minimum Gasteiger partial charge on any atom is -0.374 e. The maximum Gasteiger partial charge on any atom is 0.243 e. The number of carbonyl (C=O) groups is 2. The molecule has 144 valence electrons. The van der Waals surface area contributed by atoms with E-state index in [4.69, 9.17) is 11.6 Å². The summed E-state index contributed by atoms with van der Waals surface area (Å²) in [6, 6.07) is 8.97. The van der Waals surface area contributed by atoms with Crippen molar-refractivity contribution in [2.24, 2.45) is 0 Å². The molecule has 0 saturated heterocycles. The maximum absolute atomic E-state index is 13.9. The van der Waals surface area contributed by atoms with E-state index in [2.05, 4.69) is 26.0 Å². The van der Waals surface area contributed by atoms with Crippen LogP contribution in [-0.2, 0) is 9.59 Å². The summed E-state index contributed by atoms with van der Waals surface area (Å²) >= 11 is 6.02. The predicted molar refractivity (Wildman–Crippen MR) is 104 cm³/mol. The summed E-state index contributed by atoms with van der Waals surface area (Å²) in [5.74, 6) is -1.25. The number of rotatable bonds is 6. The molecule has 2 amide bonds. The van der Waals surface area contributed by atoms with E-state index in [-0.39, 0.29) is 18.1 Å². The number of nitrogens with one attached hydrogen (secondary N) is 3. The zero-order valence-electron chi connectivity index (χ0n) is 14.7. The molecule has 3 aromatic rings. The zero-order valence-corrected chi connectivity index (χ0v) is 15.5. The van der Waals surface area contributed by atoms with E-state index in [1.54, 1.807) is 18.2 Å². The molecule has 3 rings (SSSR count). The van der Waals surface area contributed by atoms with Crippen LogP contribution in [0.5, 0.6) is 0 Å². The van der Waals surface area contributed by atoms with Gasteiger partial charge in [0, 0.05) is 17.6 Å². The summed E-state index contributed by atoms with van der Waals surface area (Å²) in [7, 11) is 0. The molecule has 1 heterocycles. The largest absolute Gasteiger partial charge is 0.374 e. The third kappa shape index (κ3) is 4.83. The summed E-state index contributed by atoms with van der Waals surface area (Å²) in [4.78, 5) is 27.3. The number of aromatic nitrogens is 3. The van der Waals surface area contributed by atoms with Gasteiger partial charge in [0.15, 0.2) is 0 Å². The molecule has 0 radical (unpaired) electrons. The van der Waals surface area contributed by atoms with Gasteiger partial charge in [0.25, 0.3) is 0 Å². The van der Waals surface area contributed by atoms with Crippen LogP contribution in [0.15, 0.2) is 49.1 Å². The predicted octanol–water partition coefficient (Wildman–Crippen LogP) is 3.07. The van der Waals surface area contributed by atoms with Crippen LogP contribution in [0.1, 0.15) is 6.92 Å². The first-order chi connectivity index (χ1) is 13.4. The average Bonchev–Trinajstić information content (AvgIpc) is 3.16. The topological polar surface area (TPSA) is 101 Å². The van der Waals surface area contributed by atoms with E-state index in [1.165, 1.54) is 42.5 Å². The smallest absolute Gasteiger partial charge is 0.243 e. The lowest BCUT2D eigenvalue weighted by Crippen LogP contribution is -2.23. The molecule has 28 heavy (non-hydrogen) atoms. The molecule has 8 nitrogen and oxygen atoms in total. The molecule has 10 heteroatoms. The number of anilines is 3. The van der Waals surface area contributed by atoms with Crippen molar-refractivity contribution in [1.82, 2.24) is 14.8 Å². The fraction of sp³-hybridized carbons (Fsp3) is 0.111. The number of hydrogen-bond acceptors (Lipinski definition) is 5. The van der Waals surface area contributed by atoms with Crippen molar-refractivity contribution in [3.63, 3.8) is 0 Å². The fourth-order valence-corrected chi connectivity index (χ4v) is 2.62. The molecule has 1 aromatic heterocycles. The Morgan fingerprint density at radius 1 is 1.14 bits per heavy atom. The van der Waals surface area contributed by atoms with Crippen LogP contribution < -0.4 is 16.0 Å². The molecular weight excluding hydrogens is 387 g/mol. The molecular formula is C18H16ClFN6O2. The number of hydrogen-bond donors (Lipinski definition) is 3. The lowest BCUT2D eigenvalue weighted by molar-refractivity contribution is -0.115. The van der Waals surface area contributed by atoms with Crippen LogP contribution in [0, 0.1) is 5.82 Å². The van der Waals surface area contributed by atoms with Gasteiger partial charge >= 0.3 is 0 Å². The van der Waals surface area contributed by atoms with Gasteiger partial charge in [-0.15, -0.1) is 0 Å². The highest BCUT2D eigenvalue weighted by Gasteiger charge is 2.11. The van der Waals surface area contributed by atoms with Gasteiger partial charge in [-0.25, -0.2) is 14.1 Å². The summed E-state index contributed by atoms with van der Waals surface area (Å²) in [5, 5.41) is 12.4. The standard InChI is InChI=1S/C18H16ClFN6O2/c1-11(27)24-13-3-4-14(20)15(7-13)22-8-18(28)25-16-6-12(19)2-5-17(16)26-10-21-9-23-26/h2-7,9-10,22H,8H2,1H3,(H,24,27)(H,25,28). The van der Waals surface area contributed by atoms with E-state index in [0.29, 0.717) is 22.1 Å². The number of amides is 2. The second kappa shape index (κ2) is 8.49. The second-order valence-corrected chi connectivity index (χ2v) is 6.22. The molecule has 2 aromatic carbocycles. The molecule has 0 spiro atoms. The first-order valence-corrected chi connectivity index (χ1v) is 8.55. The third-order valence-electron chi connectivity index (χ3n) is 3.62. The van der Waals surface area contributed by atoms with Gasteiger partial charge in [0.05, 0.1) is 23.6 Å². The van der Waals surface area contributed by atoms with Gasteiger partial charge < -0.3 is 16.0 Å². The Bertz CT molecular complexity index is 1010. The molecule has 3 N–H and O–H groups in total. The summed E-state index contributed by atoms with van der Waals surface area (Å²) in [6.07, 6.45) is 2.85. The molecule has 0 atom stereocenters. The minimum absolute atomic E-state index is 0.0870. The number of benzene rings is 2. The molecule has 0 saturated carbocycles. The van der Waals surface area contributed by atoms with Crippen LogP contribution >= 0.6 is 11.6 Å². The molecule has 0 unspecified atom stereocenters. The Kier molecular flexibility index (Phi) is 5.85.